The van der Waals surface area contributed by atoms with Crippen LogP contribution in [-0.4, -0.2) is 35.4 Å². The van der Waals surface area contributed by atoms with Gasteiger partial charge < -0.3 is 15.0 Å². The lowest BCUT2D eigenvalue weighted by Gasteiger charge is -2.32. The van der Waals surface area contributed by atoms with Crippen LogP contribution in [0.25, 0.3) is 10.8 Å². The van der Waals surface area contributed by atoms with Gasteiger partial charge in [0.25, 0.3) is 5.91 Å². The summed E-state index contributed by atoms with van der Waals surface area (Å²) < 4.78 is 6.78. The van der Waals surface area contributed by atoms with Gasteiger partial charge in [-0.15, -0.1) is 0 Å². The molecule has 190 valence electrons. The Balaban J connectivity index is 1.52. The van der Waals surface area contributed by atoms with E-state index in [4.69, 9.17) is 16.3 Å². The number of nitrogens with zero attached hydrogens (tertiary/aromatic N) is 1. The van der Waals surface area contributed by atoms with Crippen LogP contribution in [0, 0.1) is 0 Å². The van der Waals surface area contributed by atoms with Gasteiger partial charge in [-0.05, 0) is 69.7 Å². The second kappa shape index (κ2) is 12.6. The lowest BCUT2D eigenvalue weighted by atomic mass is 9.95. The van der Waals surface area contributed by atoms with Crippen LogP contribution >= 0.6 is 27.5 Å². The van der Waals surface area contributed by atoms with E-state index in [1.165, 1.54) is 6.42 Å². The molecule has 1 atom stereocenters. The van der Waals surface area contributed by atoms with E-state index in [0.29, 0.717) is 23.7 Å². The van der Waals surface area contributed by atoms with Gasteiger partial charge in [-0.25, -0.2) is 0 Å². The summed E-state index contributed by atoms with van der Waals surface area (Å²) in [5.74, 6) is 0.252. The highest BCUT2D eigenvalue weighted by Gasteiger charge is 2.30. The summed E-state index contributed by atoms with van der Waals surface area (Å²) in [4.78, 5) is 28.5. The van der Waals surface area contributed by atoms with Crippen molar-refractivity contribution in [1.29, 1.82) is 0 Å². The average molecular weight is 572 g/mol. The third kappa shape index (κ3) is 6.60. The second-order valence-corrected chi connectivity index (χ2v) is 10.5. The number of fused-ring (bicyclic) bond motifs is 1. The molecule has 5 nitrogen and oxygen atoms in total. The Morgan fingerprint density at radius 3 is 2.50 bits per heavy atom. The summed E-state index contributed by atoms with van der Waals surface area (Å²) in [6.07, 6.45) is 5.97. The van der Waals surface area contributed by atoms with Gasteiger partial charge in [0.1, 0.15) is 11.8 Å². The fourth-order valence-electron chi connectivity index (χ4n) is 4.80. The van der Waals surface area contributed by atoms with E-state index in [2.05, 4.69) is 21.2 Å². The second-order valence-electron chi connectivity index (χ2n) is 9.30. The molecule has 0 aromatic heterocycles. The van der Waals surface area contributed by atoms with Crippen molar-refractivity contribution in [3.63, 3.8) is 0 Å². The molecule has 7 heteroatoms. The molecule has 36 heavy (non-hydrogen) atoms. The number of nitrogens with one attached hydrogen (secondary N) is 1. The van der Waals surface area contributed by atoms with Crippen LogP contribution in [-0.2, 0) is 16.1 Å². The minimum absolute atomic E-state index is 0.0985. The molecule has 0 radical (unpaired) electrons. The van der Waals surface area contributed by atoms with Crippen molar-refractivity contribution >= 4 is 50.1 Å². The van der Waals surface area contributed by atoms with Gasteiger partial charge in [0, 0.05) is 17.6 Å². The molecule has 1 saturated carbocycles. The van der Waals surface area contributed by atoms with Gasteiger partial charge in [0.2, 0.25) is 5.91 Å². The molecule has 1 N–H and O–H groups in total. The third-order valence-corrected chi connectivity index (χ3v) is 7.85. The lowest BCUT2D eigenvalue weighted by molar-refractivity contribution is -0.143. The van der Waals surface area contributed by atoms with Crippen LogP contribution in [0.15, 0.2) is 65.1 Å². The highest BCUT2D eigenvalue weighted by molar-refractivity contribution is 9.10. The van der Waals surface area contributed by atoms with Crippen molar-refractivity contribution < 1.29 is 14.3 Å². The van der Waals surface area contributed by atoms with Crippen LogP contribution in [0.2, 0.25) is 5.02 Å². The van der Waals surface area contributed by atoms with Crippen LogP contribution in [0.1, 0.15) is 51.0 Å². The number of hydrogen-bond donors (Lipinski definition) is 1. The SMILES string of the molecule is CC[C@@H](C(=O)NC1CCCCC1)N(Cc1ccc(Cl)cc1)C(=O)COc1ccc2ccccc2c1Br. The van der Waals surface area contributed by atoms with Crippen LogP contribution < -0.4 is 10.1 Å². The van der Waals surface area contributed by atoms with Gasteiger partial charge in [0.05, 0.1) is 4.47 Å². The summed E-state index contributed by atoms with van der Waals surface area (Å²) in [5, 5.41) is 5.92. The molecule has 1 aliphatic rings. The predicted molar refractivity (Wildman–Crippen MR) is 148 cm³/mol. The predicted octanol–water partition coefficient (Wildman–Crippen LogP) is 6.89. The number of hydrogen-bond acceptors (Lipinski definition) is 3. The van der Waals surface area contributed by atoms with E-state index in [1.54, 1.807) is 17.0 Å². The largest absolute Gasteiger partial charge is 0.483 e. The standard InChI is InChI=1S/C29H32BrClN2O3/c1-2-25(29(35)32-23-9-4-3-5-10-23)33(18-20-12-15-22(31)16-13-20)27(34)19-36-26-17-14-21-8-6-7-11-24(21)28(26)30/h6-8,11-17,23,25H,2-5,9-10,18-19H2,1H3,(H,32,35)/t25-/m0/s1. The molecule has 3 aromatic carbocycles. The number of amides is 2. The molecule has 2 amide bonds. The number of carbonyl (C=O) groups excluding carboxylic acids is 2. The van der Waals surface area contributed by atoms with Crippen molar-refractivity contribution in [2.24, 2.45) is 0 Å². The van der Waals surface area contributed by atoms with Gasteiger partial charge in [-0.3, -0.25) is 9.59 Å². The molecule has 3 aromatic rings. The Morgan fingerprint density at radius 1 is 1.06 bits per heavy atom. The monoisotopic (exact) mass is 570 g/mol. The molecule has 1 aliphatic carbocycles. The smallest absolute Gasteiger partial charge is 0.261 e. The Kier molecular flexibility index (Phi) is 9.27. The average Bonchev–Trinajstić information content (AvgIpc) is 2.90. The van der Waals surface area contributed by atoms with Crippen molar-refractivity contribution in [3.05, 3.63) is 75.7 Å². The normalized spacial score (nSPS) is 14.9. The molecular formula is C29H32BrClN2O3. The first kappa shape index (κ1) is 26.5. The first-order chi connectivity index (χ1) is 17.5. The van der Waals surface area contributed by atoms with E-state index < -0.39 is 6.04 Å². The van der Waals surface area contributed by atoms with Crippen molar-refractivity contribution in [2.45, 2.75) is 64.1 Å². The highest BCUT2D eigenvalue weighted by Crippen LogP contribution is 2.33. The van der Waals surface area contributed by atoms with E-state index >= 15 is 0 Å². The Bertz CT molecular complexity index is 1190. The van der Waals surface area contributed by atoms with Gasteiger partial charge >= 0.3 is 0 Å². The zero-order valence-electron chi connectivity index (χ0n) is 20.5. The van der Waals surface area contributed by atoms with Gasteiger partial charge in [-0.2, -0.15) is 0 Å². The zero-order valence-corrected chi connectivity index (χ0v) is 22.9. The molecule has 0 unspecified atom stereocenters. The van der Waals surface area contributed by atoms with E-state index in [0.717, 1.165) is 46.5 Å². The van der Waals surface area contributed by atoms with Crippen molar-refractivity contribution in [3.8, 4) is 5.75 Å². The maximum Gasteiger partial charge on any atom is 0.261 e. The lowest BCUT2D eigenvalue weighted by Crippen LogP contribution is -2.52. The summed E-state index contributed by atoms with van der Waals surface area (Å²) in [7, 11) is 0. The Labute approximate surface area is 226 Å². The molecule has 0 saturated heterocycles. The van der Waals surface area contributed by atoms with Gasteiger partial charge in [-0.1, -0.05) is 80.3 Å². The van der Waals surface area contributed by atoms with Crippen molar-refractivity contribution in [1.82, 2.24) is 10.2 Å². The number of halogens is 2. The molecule has 0 heterocycles. The number of rotatable bonds is 9. The van der Waals surface area contributed by atoms with Crippen LogP contribution in [0.4, 0.5) is 0 Å². The first-order valence-corrected chi connectivity index (χ1v) is 13.8. The minimum Gasteiger partial charge on any atom is -0.483 e. The summed E-state index contributed by atoms with van der Waals surface area (Å²) >= 11 is 9.69. The number of ether oxygens (including phenoxy) is 1. The van der Waals surface area contributed by atoms with E-state index in [-0.39, 0.29) is 24.5 Å². The quantitative estimate of drug-likeness (QED) is 0.304. The summed E-state index contributed by atoms with van der Waals surface area (Å²) in [6.45, 7) is 2.07. The van der Waals surface area contributed by atoms with Crippen molar-refractivity contribution in [2.75, 3.05) is 6.61 Å². The Hall–Kier alpha value is -2.57. The molecule has 1 fully saturated rings. The van der Waals surface area contributed by atoms with Crippen LogP contribution in [0.3, 0.4) is 0 Å². The molecule has 4 rings (SSSR count). The fourth-order valence-corrected chi connectivity index (χ4v) is 5.53. The van der Waals surface area contributed by atoms with Crippen LogP contribution in [0.5, 0.6) is 5.75 Å². The van der Waals surface area contributed by atoms with E-state index in [9.17, 15) is 9.59 Å². The molecule has 0 spiro atoms. The fraction of sp³-hybridized carbons (Fsp3) is 0.379. The highest BCUT2D eigenvalue weighted by atomic mass is 79.9. The summed E-state index contributed by atoms with van der Waals surface area (Å²) in [5.41, 5.74) is 0.906. The van der Waals surface area contributed by atoms with Gasteiger partial charge in [0.15, 0.2) is 6.61 Å². The third-order valence-electron chi connectivity index (χ3n) is 6.78. The summed E-state index contributed by atoms with van der Waals surface area (Å²) in [6, 6.07) is 18.8. The number of benzene rings is 3. The topological polar surface area (TPSA) is 58.6 Å². The molecule has 0 aliphatic heterocycles. The molecular weight excluding hydrogens is 540 g/mol. The maximum atomic E-state index is 13.5. The number of carbonyl (C=O) groups is 2. The Morgan fingerprint density at radius 2 is 1.78 bits per heavy atom. The maximum absolute atomic E-state index is 13.5. The first-order valence-electron chi connectivity index (χ1n) is 12.6. The molecule has 0 bridgehead atoms. The zero-order chi connectivity index (χ0) is 25.5. The van der Waals surface area contributed by atoms with E-state index in [1.807, 2.05) is 55.5 Å². The minimum atomic E-state index is -0.584.